The molecule has 0 radical (unpaired) electrons. The molecule has 4 aromatic rings. The van der Waals surface area contributed by atoms with Gasteiger partial charge in [0.2, 0.25) is 11.0 Å². The van der Waals surface area contributed by atoms with Gasteiger partial charge in [0.05, 0.1) is 5.39 Å². The van der Waals surface area contributed by atoms with E-state index in [0.29, 0.717) is 24.5 Å². The Labute approximate surface area is 182 Å². The largest absolute Gasteiger partial charge is 0.369 e. The molecule has 0 atom stereocenters. The topological polar surface area (TPSA) is 92.7 Å². The van der Waals surface area contributed by atoms with Crippen molar-refractivity contribution in [3.63, 3.8) is 0 Å². The van der Waals surface area contributed by atoms with Crippen molar-refractivity contribution in [2.45, 2.75) is 33.1 Å². The van der Waals surface area contributed by atoms with Crippen molar-refractivity contribution in [3.05, 3.63) is 46.5 Å². The number of fused-ring (bicyclic) bond motifs is 1. The summed E-state index contributed by atoms with van der Waals surface area (Å²) < 4.78 is 0. The number of hydrogen-bond donors (Lipinski definition) is 2. The monoisotopic (exact) mass is 438 g/mol. The Morgan fingerprint density at radius 3 is 2.70 bits per heavy atom. The molecule has 3 aromatic heterocycles. The Morgan fingerprint density at radius 2 is 1.93 bits per heavy atom. The molecule has 0 fully saturated rings. The molecule has 2 N–H and O–H groups in total. The minimum absolute atomic E-state index is 0.0558. The molecule has 0 spiro atoms. The molecule has 154 valence electrons. The number of thiophene rings is 1. The molecule has 4 rings (SSSR count). The van der Waals surface area contributed by atoms with Gasteiger partial charge in [-0.1, -0.05) is 48.6 Å². The van der Waals surface area contributed by atoms with Crippen LogP contribution in [0.1, 0.15) is 29.7 Å². The molecule has 0 saturated heterocycles. The summed E-state index contributed by atoms with van der Waals surface area (Å²) in [6.45, 7) is 4.76. The van der Waals surface area contributed by atoms with E-state index < -0.39 is 0 Å². The number of benzene rings is 1. The predicted octanol–water partition coefficient (Wildman–Crippen LogP) is 4.91. The van der Waals surface area contributed by atoms with Gasteiger partial charge in [-0.3, -0.25) is 4.79 Å². The number of nitrogens with zero attached hydrogens (tertiary/aromatic N) is 4. The summed E-state index contributed by atoms with van der Waals surface area (Å²) in [7, 11) is 0. The average molecular weight is 439 g/mol. The Morgan fingerprint density at radius 1 is 1.10 bits per heavy atom. The maximum absolute atomic E-state index is 12.2. The maximum Gasteiger partial charge on any atom is 0.226 e. The first kappa shape index (κ1) is 20.4. The van der Waals surface area contributed by atoms with Crippen molar-refractivity contribution in [1.29, 1.82) is 0 Å². The van der Waals surface area contributed by atoms with Gasteiger partial charge in [-0.15, -0.1) is 21.5 Å². The standard InChI is InChI=1S/C21H22N6OS2/c1-3-16-26-27-21(30-16)25-15(28)10-7-11-22-19-18-17(14-8-5-4-6-9-14)13(2)29-20(18)24-12-23-19/h4-6,8-9,12H,3,7,10-11H2,1-2H3,(H,22,23,24)(H,25,27,28). The quantitative estimate of drug-likeness (QED) is 0.380. The molecule has 1 aromatic carbocycles. The Hall–Kier alpha value is -2.91. The van der Waals surface area contributed by atoms with Crippen LogP contribution in [-0.4, -0.2) is 32.6 Å². The predicted molar refractivity (Wildman–Crippen MR) is 123 cm³/mol. The van der Waals surface area contributed by atoms with Crippen molar-refractivity contribution in [2.24, 2.45) is 0 Å². The molecule has 0 bridgehead atoms. The van der Waals surface area contributed by atoms with Gasteiger partial charge in [0.15, 0.2) is 0 Å². The summed E-state index contributed by atoms with van der Waals surface area (Å²) in [4.78, 5) is 23.2. The fourth-order valence-electron chi connectivity index (χ4n) is 3.22. The lowest BCUT2D eigenvalue weighted by Gasteiger charge is -2.09. The molecule has 0 aliphatic heterocycles. The molecule has 0 aliphatic rings. The second kappa shape index (κ2) is 9.27. The first-order valence-corrected chi connectivity index (χ1v) is 11.4. The molecular weight excluding hydrogens is 416 g/mol. The van der Waals surface area contributed by atoms with Gasteiger partial charge in [0, 0.05) is 23.4 Å². The maximum atomic E-state index is 12.2. The van der Waals surface area contributed by atoms with E-state index in [9.17, 15) is 4.79 Å². The molecule has 0 aliphatic carbocycles. The number of aromatic nitrogens is 4. The molecule has 7 nitrogen and oxygen atoms in total. The van der Waals surface area contributed by atoms with Crippen LogP contribution in [0.5, 0.6) is 0 Å². The number of nitrogens with one attached hydrogen (secondary N) is 2. The first-order chi connectivity index (χ1) is 14.7. The van der Waals surface area contributed by atoms with Gasteiger partial charge < -0.3 is 10.6 Å². The van der Waals surface area contributed by atoms with E-state index in [1.54, 1.807) is 17.7 Å². The van der Waals surface area contributed by atoms with E-state index in [0.717, 1.165) is 33.0 Å². The van der Waals surface area contributed by atoms with E-state index in [2.05, 4.69) is 49.9 Å². The van der Waals surface area contributed by atoms with Crippen molar-refractivity contribution >= 4 is 49.7 Å². The lowest BCUT2D eigenvalue weighted by Crippen LogP contribution is -2.13. The minimum atomic E-state index is -0.0558. The first-order valence-electron chi connectivity index (χ1n) is 9.81. The number of rotatable bonds is 8. The number of amides is 1. The minimum Gasteiger partial charge on any atom is -0.369 e. The number of carbonyl (C=O) groups excluding carboxylic acids is 1. The summed E-state index contributed by atoms with van der Waals surface area (Å²) in [5, 5.41) is 16.7. The molecule has 3 heterocycles. The van der Waals surface area contributed by atoms with E-state index in [-0.39, 0.29) is 5.91 Å². The van der Waals surface area contributed by atoms with Gasteiger partial charge in [0.1, 0.15) is 22.0 Å². The number of hydrogen-bond acceptors (Lipinski definition) is 8. The summed E-state index contributed by atoms with van der Waals surface area (Å²) in [6, 6.07) is 10.3. The van der Waals surface area contributed by atoms with Crippen LogP contribution in [0, 0.1) is 6.92 Å². The highest BCUT2D eigenvalue weighted by atomic mass is 32.1. The number of aryl methyl sites for hydroxylation is 2. The molecule has 9 heteroatoms. The zero-order valence-corrected chi connectivity index (χ0v) is 18.4. The van der Waals surface area contributed by atoms with Crippen LogP contribution in [0.3, 0.4) is 0 Å². The highest BCUT2D eigenvalue weighted by molar-refractivity contribution is 7.19. The second-order valence-corrected chi connectivity index (χ2v) is 9.00. The summed E-state index contributed by atoms with van der Waals surface area (Å²) in [5.74, 6) is 0.750. The van der Waals surface area contributed by atoms with Crippen LogP contribution in [-0.2, 0) is 11.2 Å². The lowest BCUT2D eigenvalue weighted by molar-refractivity contribution is -0.116. The fraction of sp³-hybridized carbons (Fsp3) is 0.286. The normalized spacial score (nSPS) is 11.0. The van der Waals surface area contributed by atoms with Crippen LogP contribution in [0.2, 0.25) is 0 Å². The van der Waals surface area contributed by atoms with Gasteiger partial charge in [-0.2, -0.15) is 0 Å². The third-order valence-electron chi connectivity index (χ3n) is 4.62. The van der Waals surface area contributed by atoms with E-state index in [1.165, 1.54) is 21.8 Å². The zero-order chi connectivity index (χ0) is 20.9. The summed E-state index contributed by atoms with van der Waals surface area (Å²) in [6.07, 6.45) is 3.48. The third kappa shape index (κ3) is 4.47. The van der Waals surface area contributed by atoms with Gasteiger partial charge >= 0.3 is 0 Å². The number of anilines is 2. The third-order valence-corrected chi connectivity index (χ3v) is 6.61. The SMILES string of the molecule is CCc1nnc(NC(=O)CCCNc2ncnc3sc(C)c(-c4ccccc4)c23)s1. The molecular formula is C21H22N6OS2. The fourth-order valence-corrected chi connectivity index (χ4v) is 4.92. The zero-order valence-electron chi connectivity index (χ0n) is 16.8. The number of carbonyl (C=O) groups is 1. The summed E-state index contributed by atoms with van der Waals surface area (Å²) in [5.41, 5.74) is 2.32. The van der Waals surface area contributed by atoms with Crippen LogP contribution < -0.4 is 10.6 Å². The summed E-state index contributed by atoms with van der Waals surface area (Å²) >= 11 is 3.08. The Kier molecular flexibility index (Phi) is 6.29. The van der Waals surface area contributed by atoms with Crippen LogP contribution in [0.25, 0.3) is 21.3 Å². The Balaban J connectivity index is 1.41. The molecule has 1 amide bonds. The average Bonchev–Trinajstić information content (AvgIpc) is 3.35. The highest BCUT2D eigenvalue weighted by Crippen LogP contribution is 2.40. The van der Waals surface area contributed by atoms with Gasteiger partial charge in [0.25, 0.3) is 0 Å². The van der Waals surface area contributed by atoms with Gasteiger partial charge in [-0.05, 0) is 25.3 Å². The highest BCUT2D eigenvalue weighted by Gasteiger charge is 2.16. The van der Waals surface area contributed by atoms with Crippen LogP contribution >= 0.6 is 22.7 Å². The molecule has 0 saturated carbocycles. The van der Waals surface area contributed by atoms with E-state index in [1.807, 2.05) is 25.1 Å². The van der Waals surface area contributed by atoms with Crippen molar-refractivity contribution in [3.8, 4) is 11.1 Å². The lowest BCUT2D eigenvalue weighted by atomic mass is 10.0. The van der Waals surface area contributed by atoms with Crippen LogP contribution in [0.15, 0.2) is 36.7 Å². The molecule has 30 heavy (non-hydrogen) atoms. The Bertz CT molecular complexity index is 1150. The van der Waals surface area contributed by atoms with Crippen molar-refractivity contribution in [1.82, 2.24) is 20.2 Å². The van der Waals surface area contributed by atoms with E-state index >= 15 is 0 Å². The smallest absolute Gasteiger partial charge is 0.226 e. The second-order valence-electron chi connectivity index (χ2n) is 6.73. The van der Waals surface area contributed by atoms with Crippen molar-refractivity contribution in [2.75, 3.05) is 17.2 Å². The van der Waals surface area contributed by atoms with Gasteiger partial charge in [-0.25, -0.2) is 9.97 Å². The van der Waals surface area contributed by atoms with Crippen molar-refractivity contribution < 1.29 is 4.79 Å². The van der Waals surface area contributed by atoms with E-state index in [4.69, 9.17) is 0 Å². The molecule has 0 unspecified atom stereocenters. The van der Waals surface area contributed by atoms with Crippen LogP contribution in [0.4, 0.5) is 10.9 Å².